The number of ether oxygens (including phenoxy) is 2. The number of carboxylic acids is 1. The molecule has 0 aromatic rings. The van der Waals surface area contributed by atoms with Crippen molar-refractivity contribution in [2.24, 2.45) is 16.7 Å². The lowest BCUT2D eigenvalue weighted by atomic mass is 9.62. The molecule has 0 bridgehead atoms. The van der Waals surface area contributed by atoms with Gasteiger partial charge in [-0.3, -0.25) is 4.79 Å². The summed E-state index contributed by atoms with van der Waals surface area (Å²) in [6.45, 7) is 17.7. The van der Waals surface area contributed by atoms with E-state index in [-0.39, 0.29) is 23.8 Å². The molecule has 0 aromatic heterocycles. The maximum atomic E-state index is 12.9. The van der Waals surface area contributed by atoms with Crippen LogP contribution in [0, 0.1) is 16.7 Å². The predicted molar refractivity (Wildman–Crippen MR) is 138 cm³/mol. The van der Waals surface area contributed by atoms with Crippen LogP contribution in [-0.2, 0) is 14.3 Å². The van der Waals surface area contributed by atoms with Gasteiger partial charge in [0.25, 0.3) is 0 Å². The monoisotopic (exact) mass is 495 g/mol. The average Bonchev–Trinajstić information content (AvgIpc) is 2.64. The largest absolute Gasteiger partial charge is 0.481 e. The summed E-state index contributed by atoms with van der Waals surface area (Å²) >= 11 is 0. The zero-order valence-electron chi connectivity index (χ0n) is 23.5. The molecular weight excluding hydrogens is 446 g/mol. The van der Waals surface area contributed by atoms with E-state index in [2.05, 4.69) is 26.8 Å². The standard InChI is InChI=1S/C28H49NO6/c1-25(2,3)21-14-17-28(18-15-21,16-12-10-11-13-22(30)31)19-20-29(23(32)34-26(4,5)6)24(33)35-27(7,8)9/h10,12,21H,11,13-20H2,1-9H3,(H,30,31)/b12-10-. The first-order valence-electron chi connectivity index (χ1n) is 12.9. The maximum absolute atomic E-state index is 12.9. The molecule has 35 heavy (non-hydrogen) atoms. The molecule has 7 nitrogen and oxygen atoms in total. The number of imide groups is 1. The fourth-order valence-electron chi connectivity index (χ4n) is 4.55. The molecule has 1 aliphatic rings. The molecule has 0 radical (unpaired) electrons. The first-order chi connectivity index (χ1) is 15.8. The number of carbonyl (C=O) groups excluding carboxylic acids is 2. The Labute approximate surface area is 212 Å². The van der Waals surface area contributed by atoms with E-state index in [1.54, 1.807) is 41.5 Å². The predicted octanol–water partition coefficient (Wildman–Crippen LogP) is 7.58. The van der Waals surface area contributed by atoms with E-state index < -0.39 is 29.4 Å². The highest BCUT2D eigenvalue weighted by Crippen LogP contribution is 2.49. The molecule has 1 aliphatic carbocycles. The Hall–Kier alpha value is -2.05. The minimum atomic E-state index is -0.805. The number of rotatable bonds is 8. The van der Waals surface area contributed by atoms with Gasteiger partial charge in [0.15, 0.2) is 0 Å². The van der Waals surface area contributed by atoms with Crippen LogP contribution in [0.15, 0.2) is 12.2 Å². The van der Waals surface area contributed by atoms with Gasteiger partial charge in [0.2, 0.25) is 0 Å². The van der Waals surface area contributed by atoms with Crippen molar-refractivity contribution >= 4 is 18.2 Å². The van der Waals surface area contributed by atoms with E-state index in [0.29, 0.717) is 18.8 Å². The first kappa shape index (κ1) is 31.0. The van der Waals surface area contributed by atoms with Gasteiger partial charge < -0.3 is 14.6 Å². The molecule has 0 heterocycles. The second kappa shape index (κ2) is 12.3. The molecule has 1 N–H and O–H groups in total. The van der Waals surface area contributed by atoms with Gasteiger partial charge in [-0.15, -0.1) is 0 Å². The molecule has 0 aliphatic heterocycles. The van der Waals surface area contributed by atoms with Gasteiger partial charge in [0.1, 0.15) is 11.2 Å². The number of amides is 2. The Balaban J connectivity index is 3.06. The molecule has 0 aromatic carbocycles. The molecule has 2 amide bonds. The normalized spacial score (nSPS) is 21.6. The fraction of sp³-hybridized carbons (Fsp3) is 0.821. The van der Waals surface area contributed by atoms with Crippen LogP contribution in [0.2, 0.25) is 0 Å². The van der Waals surface area contributed by atoms with E-state index in [4.69, 9.17) is 14.6 Å². The second-order valence-electron chi connectivity index (χ2n) is 13.1. The number of nitrogens with zero attached hydrogens (tertiary/aromatic N) is 1. The molecule has 1 fully saturated rings. The summed E-state index contributed by atoms with van der Waals surface area (Å²) in [6, 6.07) is 0. The average molecular weight is 496 g/mol. The summed E-state index contributed by atoms with van der Waals surface area (Å²) in [5.41, 5.74) is -1.29. The summed E-state index contributed by atoms with van der Waals surface area (Å²) in [4.78, 5) is 37.8. The van der Waals surface area contributed by atoms with Crippen LogP contribution in [0.4, 0.5) is 9.59 Å². The van der Waals surface area contributed by atoms with Crippen LogP contribution in [0.3, 0.4) is 0 Å². The third-order valence-corrected chi connectivity index (χ3v) is 6.61. The number of hydrogen-bond acceptors (Lipinski definition) is 5. The Morgan fingerprint density at radius 2 is 1.37 bits per heavy atom. The molecule has 0 atom stereocenters. The van der Waals surface area contributed by atoms with Crippen LogP contribution in [0.25, 0.3) is 0 Å². The molecular formula is C28H49NO6. The summed E-state index contributed by atoms with van der Waals surface area (Å²) in [6.07, 6.45) is 8.84. The Bertz CT molecular complexity index is 715. The van der Waals surface area contributed by atoms with Crippen molar-refractivity contribution in [3.05, 3.63) is 12.2 Å². The van der Waals surface area contributed by atoms with Crippen LogP contribution < -0.4 is 0 Å². The highest BCUT2D eigenvalue weighted by molar-refractivity contribution is 5.88. The van der Waals surface area contributed by atoms with E-state index >= 15 is 0 Å². The SMILES string of the molecule is CC(C)(C)OC(=O)N(CCC1(C/C=C\CCC(=O)O)CCC(C(C)(C)C)CC1)C(=O)OC(C)(C)C. The Kier molecular flexibility index (Phi) is 10.9. The van der Waals surface area contributed by atoms with Gasteiger partial charge in [-0.1, -0.05) is 32.9 Å². The van der Waals surface area contributed by atoms with E-state index in [1.807, 2.05) is 6.08 Å². The van der Waals surface area contributed by atoms with Crippen molar-refractivity contribution in [3.8, 4) is 0 Å². The lowest BCUT2D eigenvalue weighted by molar-refractivity contribution is -0.136. The number of aliphatic carboxylic acids is 1. The van der Waals surface area contributed by atoms with Crippen LogP contribution in [0.5, 0.6) is 0 Å². The van der Waals surface area contributed by atoms with Gasteiger partial charge in [-0.2, -0.15) is 0 Å². The van der Waals surface area contributed by atoms with Gasteiger partial charge in [-0.25, -0.2) is 14.5 Å². The minimum Gasteiger partial charge on any atom is -0.481 e. The van der Waals surface area contributed by atoms with Gasteiger partial charge in [-0.05, 0) is 103 Å². The van der Waals surface area contributed by atoms with Crippen LogP contribution in [0.1, 0.15) is 114 Å². The molecule has 1 rings (SSSR count). The van der Waals surface area contributed by atoms with E-state index in [0.717, 1.165) is 37.0 Å². The lowest BCUT2D eigenvalue weighted by Gasteiger charge is -2.44. The number of hydrogen-bond donors (Lipinski definition) is 1. The molecule has 202 valence electrons. The molecule has 0 unspecified atom stereocenters. The van der Waals surface area contributed by atoms with Crippen LogP contribution >= 0.6 is 0 Å². The Morgan fingerprint density at radius 1 is 0.886 bits per heavy atom. The minimum absolute atomic E-state index is 0.0657. The molecule has 1 saturated carbocycles. The van der Waals surface area contributed by atoms with Crippen molar-refractivity contribution in [1.29, 1.82) is 0 Å². The number of carboxylic acid groups (broad SMARTS) is 1. The number of carbonyl (C=O) groups is 3. The van der Waals surface area contributed by atoms with E-state index in [1.165, 1.54) is 0 Å². The third-order valence-electron chi connectivity index (χ3n) is 6.61. The maximum Gasteiger partial charge on any atom is 0.419 e. The van der Waals surface area contributed by atoms with Gasteiger partial charge in [0, 0.05) is 13.0 Å². The highest BCUT2D eigenvalue weighted by atomic mass is 16.6. The first-order valence-corrected chi connectivity index (χ1v) is 12.9. The number of allylic oxidation sites excluding steroid dienone is 2. The van der Waals surface area contributed by atoms with Crippen LogP contribution in [-0.4, -0.2) is 45.9 Å². The molecule has 0 spiro atoms. The van der Waals surface area contributed by atoms with Crippen molar-refractivity contribution in [2.75, 3.05) is 6.54 Å². The molecule has 7 heteroatoms. The summed E-state index contributed by atoms with van der Waals surface area (Å²) < 4.78 is 11.0. The highest BCUT2D eigenvalue weighted by Gasteiger charge is 2.40. The summed E-state index contributed by atoms with van der Waals surface area (Å²) in [7, 11) is 0. The quantitative estimate of drug-likeness (QED) is 0.349. The smallest absolute Gasteiger partial charge is 0.419 e. The zero-order chi connectivity index (χ0) is 27.1. The van der Waals surface area contributed by atoms with E-state index in [9.17, 15) is 14.4 Å². The fourth-order valence-corrected chi connectivity index (χ4v) is 4.55. The third kappa shape index (κ3) is 12.0. The lowest BCUT2D eigenvalue weighted by Crippen LogP contribution is -2.45. The summed E-state index contributed by atoms with van der Waals surface area (Å²) in [5, 5.41) is 8.90. The van der Waals surface area contributed by atoms with Gasteiger partial charge >= 0.3 is 18.2 Å². The topological polar surface area (TPSA) is 93.1 Å². The van der Waals surface area contributed by atoms with Crippen molar-refractivity contribution in [3.63, 3.8) is 0 Å². The van der Waals surface area contributed by atoms with Gasteiger partial charge in [0.05, 0.1) is 0 Å². The van der Waals surface area contributed by atoms with Crippen molar-refractivity contribution in [2.45, 2.75) is 125 Å². The Morgan fingerprint density at radius 3 is 1.77 bits per heavy atom. The van der Waals surface area contributed by atoms with Crippen molar-refractivity contribution in [1.82, 2.24) is 4.90 Å². The zero-order valence-corrected chi connectivity index (χ0v) is 23.5. The second-order valence-corrected chi connectivity index (χ2v) is 13.1. The van der Waals surface area contributed by atoms with Crippen molar-refractivity contribution < 1.29 is 29.0 Å². The summed E-state index contributed by atoms with van der Waals surface area (Å²) in [5.74, 6) is -0.181. The molecule has 0 saturated heterocycles.